The van der Waals surface area contributed by atoms with Crippen LogP contribution in [0, 0.1) is 0 Å². The van der Waals surface area contributed by atoms with E-state index in [0.717, 1.165) is 50.1 Å². The van der Waals surface area contributed by atoms with Crippen LogP contribution >= 0.6 is 0 Å². The minimum atomic E-state index is -0.462. The highest BCUT2D eigenvalue weighted by Gasteiger charge is 2.46. The number of benzene rings is 11. The highest BCUT2D eigenvalue weighted by Crippen LogP contribution is 2.58. The van der Waals surface area contributed by atoms with Gasteiger partial charge in [0.1, 0.15) is 5.58 Å². The normalized spacial score (nSPS) is 12.6. The van der Waals surface area contributed by atoms with E-state index < -0.39 is 5.41 Å². The third kappa shape index (κ3) is 6.26. The Balaban J connectivity index is 0.930. The molecule has 0 atom stereocenters. The maximum Gasteiger partial charge on any atom is 0.159 e. The number of hydrogen-bond acceptors (Lipinski definition) is 2. The van der Waals surface area contributed by atoms with E-state index >= 15 is 0 Å². The van der Waals surface area contributed by atoms with Gasteiger partial charge in [0.05, 0.1) is 11.1 Å². The smallest absolute Gasteiger partial charge is 0.159 e. The van der Waals surface area contributed by atoms with Gasteiger partial charge in [0.15, 0.2) is 5.58 Å². The predicted molar refractivity (Wildman–Crippen MR) is 280 cm³/mol. The van der Waals surface area contributed by atoms with Crippen LogP contribution < -0.4 is 4.90 Å². The summed E-state index contributed by atoms with van der Waals surface area (Å²) in [6, 6.07) is 94.9. The third-order valence-corrected chi connectivity index (χ3v) is 13.9. The largest absolute Gasteiger partial charge is 0.454 e. The summed E-state index contributed by atoms with van der Waals surface area (Å²) in [4.78, 5) is 2.34. The second kappa shape index (κ2) is 15.8. The zero-order valence-corrected chi connectivity index (χ0v) is 36.7. The van der Waals surface area contributed by atoms with Gasteiger partial charge in [-0.2, -0.15) is 0 Å². The monoisotopic (exact) mass is 853 g/mol. The first-order chi connectivity index (χ1) is 33.2. The fourth-order valence-electron chi connectivity index (χ4n) is 10.9. The summed E-state index contributed by atoms with van der Waals surface area (Å²) in [6.07, 6.45) is 0. The van der Waals surface area contributed by atoms with E-state index in [2.05, 4.69) is 260 Å². The minimum Gasteiger partial charge on any atom is -0.454 e. The molecule has 1 heterocycles. The minimum absolute atomic E-state index is 0.462. The molecule has 1 aliphatic carbocycles. The van der Waals surface area contributed by atoms with E-state index in [-0.39, 0.29) is 0 Å². The van der Waals surface area contributed by atoms with Crippen LogP contribution in [0.5, 0.6) is 0 Å². The predicted octanol–water partition coefficient (Wildman–Crippen LogP) is 17.6. The Hall–Kier alpha value is -8.72. The van der Waals surface area contributed by atoms with Crippen molar-refractivity contribution in [2.45, 2.75) is 5.41 Å². The number of para-hydroxylation sites is 2. The SMILES string of the molecule is c1ccc(C2(c3ccccc3)c3ccccc3-c3c(-c4ccc(N(c5ccc(-c6cccc(-c7ccc8ccccc8c7)c6)cc5)c5cccc6c5oc5ccccc56)cc4)cccc32)cc1. The number of fused-ring (bicyclic) bond motifs is 7. The summed E-state index contributed by atoms with van der Waals surface area (Å²) in [5.41, 5.74) is 19.1. The van der Waals surface area contributed by atoms with Crippen molar-refractivity contribution in [2.75, 3.05) is 4.90 Å². The maximum absolute atomic E-state index is 6.71. The Kier molecular flexibility index (Phi) is 9.11. The van der Waals surface area contributed by atoms with E-state index in [1.54, 1.807) is 0 Å². The van der Waals surface area contributed by atoms with Gasteiger partial charge in [-0.25, -0.2) is 0 Å². The number of anilines is 3. The van der Waals surface area contributed by atoms with Crippen LogP contribution in [0.25, 0.3) is 77.2 Å². The lowest BCUT2D eigenvalue weighted by molar-refractivity contribution is 0.669. The van der Waals surface area contributed by atoms with Gasteiger partial charge in [0.25, 0.3) is 0 Å². The molecule has 13 rings (SSSR count). The van der Waals surface area contributed by atoms with Gasteiger partial charge in [-0.1, -0.05) is 212 Å². The molecule has 0 N–H and O–H groups in total. The molecule has 2 heteroatoms. The van der Waals surface area contributed by atoms with E-state index in [0.29, 0.717) is 0 Å². The fraction of sp³-hybridized carbons (Fsp3) is 0.0154. The maximum atomic E-state index is 6.71. The molecular weight excluding hydrogens is 811 g/mol. The summed E-state index contributed by atoms with van der Waals surface area (Å²) in [5.74, 6) is 0. The van der Waals surface area contributed by atoms with E-state index in [4.69, 9.17) is 4.42 Å². The van der Waals surface area contributed by atoms with Crippen molar-refractivity contribution in [1.29, 1.82) is 0 Å². The summed E-state index contributed by atoms with van der Waals surface area (Å²) < 4.78 is 6.71. The molecule has 67 heavy (non-hydrogen) atoms. The summed E-state index contributed by atoms with van der Waals surface area (Å²) >= 11 is 0. The Morgan fingerprint density at radius 2 is 0.866 bits per heavy atom. The van der Waals surface area contributed by atoms with Crippen LogP contribution in [0.3, 0.4) is 0 Å². The number of nitrogens with zero attached hydrogens (tertiary/aromatic N) is 1. The lowest BCUT2D eigenvalue weighted by Crippen LogP contribution is -2.28. The average Bonchev–Trinajstić information content (AvgIpc) is 3.94. The molecule has 0 saturated carbocycles. The second-order valence-electron chi connectivity index (χ2n) is 17.6. The molecular formula is C65H43NO. The molecule has 0 unspecified atom stereocenters. The zero-order valence-electron chi connectivity index (χ0n) is 36.7. The molecule has 0 aliphatic heterocycles. The average molecular weight is 854 g/mol. The van der Waals surface area contributed by atoms with Gasteiger partial charge >= 0.3 is 0 Å². The van der Waals surface area contributed by atoms with Crippen LogP contribution in [-0.2, 0) is 5.41 Å². The van der Waals surface area contributed by atoms with Crippen LogP contribution in [0.4, 0.5) is 17.1 Å². The number of hydrogen-bond donors (Lipinski definition) is 0. The Morgan fingerprint density at radius 3 is 1.63 bits per heavy atom. The molecule has 1 aromatic heterocycles. The number of furan rings is 1. The first-order valence-electron chi connectivity index (χ1n) is 23.1. The van der Waals surface area contributed by atoms with E-state index in [9.17, 15) is 0 Å². The number of rotatable bonds is 8. The molecule has 2 nitrogen and oxygen atoms in total. The first-order valence-corrected chi connectivity index (χ1v) is 23.1. The Bertz CT molecular complexity index is 3750. The molecule has 0 radical (unpaired) electrons. The van der Waals surface area contributed by atoms with E-state index in [1.165, 1.54) is 66.4 Å². The summed E-state index contributed by atoms with van der Waals surface area (Å²) in [7, 11) is 0. The van der Waals surface area contributed by atoms with Crippen molar-refractivity contribution >= 4 is 49.8 Å². The molecule has 314 valence electrons. The van der Waals surface area contributed by atoms with Gasteiger partial charge in [-0.3, -0.25) is 0 Å². The van der Waals surface area contributed by atoms with Crippen molar-refractivity contribution in [3.8, 4) is 44.5 Å². The quantitative estimate of drug-likeness (QED) is 0.151. The second-order valence-corrected chi connectivity index (χ2v) is 17.6. The van der Waals surface area contributed by atoms with Crippen molar-refractivity contribution in [3.05, 3.63) is 283 Å². The molecule has 0 amide bonds. The molecule has 0 fully saturated rings. The fourth-order valence-corrected chi connectivity index (χ4v) is 10.9. The highest BCUT2D eigenvalue weighted by molar-refractivity contribution is 6.10. The third-order valence-electron chi connectivity index (χ3n) is 13.9. The summed E-state index contributed by atoms with van der Waals surface area (Å²) in [6.45, 7) is 0. The van der Waals surface area contributed by atoms with Crippen molar-refractivity contribution in [3.63, 3.8) is 0 Å². The van der Waals surface area contributed by atoms with Gasteiger partial charge < -0.3 is 9.32 Å². The molecule has 0 spiro atoms. The van der Waals surface area contributed by atoms with Crippen LogP contribution in [0.2, 0.25) is 0 Å². The van der Waals surface area contributed by atoms with Crippen LogP contribution in [0.15, 0.2) is 265 Å². The molecule has 12 aromatic rings. The van der Waals surface area contributed by atoms with Crippen LogP contribution in [0.1, 0.15) is 22.3 Å². The Morgan fingerprint density at radius 1 is 0.328 bits per heavy atom. The zero-order chi connectivity index (χ0) is 44.3. The van der Waals surface area contributed by atoms with Gasteiger partial charge in [0, 0.05) is 22.1 Å². The topological polar surface area (TPSA) is 16.4 Å². The van der Waals surface area contributed by atoms with Gasteiger partial charge in [-0.05, 0) is 126 Å². The van der Waals surface area contributed by atoms with Crippen molar-refractivity contribution in [1.82, 2.24) is 0 Å². The Labute approximate surface area is 390 Å². The summed E-state index contributed by atoms with van der Waals surface area (Å²) in [5, 5.41) is 4.69. The lowest BCUT2D eigenvalue weighted by Gasteiger charge is -2.34. The van der Waals surface area contributed by atoms with Gasteiger partial charge in [-0.15, -0.1) is 0 Å². The van der Waals surface area contributed by atoms with E-state index in [1.807, 2.05) is 6.07 Å². The molecule has 0 saturated heterocycles. The standard InChI is InChI=1S/C65H43NO/c1-3-20-51(21-4-1)65(52-22-5-2-6-23-52)59-28-11-9-25-58(59)63-55(26-14-29-60(63)65)46-36-40-54(41-37-46)66(61-30-15-27-57-56-24-10-12-31-62(56)67-64(57)61)53-38-34-45(35-39-53)48-18-13-19-49(42-48)50-33-32-44-16-7-8-17-47(44)43-50/h1-43H. The highest BCUT2D eigenvalue weighted by atomic mass is 16.3. The van der Waals surface area contributed by atoms with Crippen LogP contribution in [-0.4, -0.2) is 0 Å². The first kappa shape index (κ1) is 38.7. The van der Waals surface area contributed by atoms with Crippen molar-refractivity contribution in [2.24, 2.45) is 0 Å². The molecule has 0 bridgehead atoms. The lowest BCUT2D eigenvalue weighted by atomic mass is 9.67. The molecule has 1 aliphatic rings. The van der Waals surface area contributed by atoms with Gasteiger partial charge in [0.2, 0.25) is 0 Å². The molecule has 11 aromatic carbocycles. The van der Waals surface area contributed by atoms with Crippen molar-refractivity contribution < 1.29 is 4.42 Å².